The maximum absolute atomic E-state index is 13.0. The van der Waals surface area contributed by atoms with Gasteiger partial charge in [-0.3, -0.25) is 4.79 Å². The molecule has 1 unspecified atom stereocenters. The molecule has 3 rings (SSSR count). The Morgan fingerprint density at radius 2 is 2.04 bits per heavy atom. The molecule has 0 radical (unpaired) electrons. The quantitative estimate of drug-likeness (QED) is 0.720. The van der Waals surface area contributed by atoms with Crippen LogP contribution in [0.5, 0.6) is 5.88 Å². The van der Waals surface area contributed by atoms with Gasteiger partial charge in [0.2, 0.25) is 5.91 Å². The molecule has 1 amide bonds. The van der Waals surface area contributed by atoms with Gasteiger partial charge in [-0.05, 0) is 43.8 Å². The number of amides is 1. The van der Waals surface area contributed by atoms with Crippen LogP contribution in [0.2, 0.25) is 0 Å². The number of nitrogens with zero attached hydrogens (tertiary/aromatic N) is 3. The Balaban J connectivity index is 1.69. The fourth-order valence-electron chi connectivity index (χ4n) is 3.87. The lowest BCUT2D eigenvalue weighted by Crippen LogP contribution is -2.40. The molecule has 1 aromatic heterocycles. The van der Waals surface area contributed by atoms with Crippen molar-refractivity contribution in [2.75, 3.05) is 26.7 Å². The summed E-state index contributed by atoms with van der Waals surface area (Å²) in [7, 11) is 2.11. The normalized spacial score (nSPS) is 23.4. The van der Waals surface area contributed by atoms with E-state index in [4.69, 9.17) is 9.26 Å². The number of hydrogen-bond acceptors (Lipinski definition) is 6. The van der Waals surface area contributed by atoms with Gasteiger partial charge in [0.15, 0.2) is 5.76 Å². The van der Waals surface area contributed by atoms with Crippen molar-refractivity contribution in [1.29, 1.82) is 0 Å². The molecule has 0 aliphatic carbocycles. The summed E-state index contributed by atoms with van der Waals surface area (Å²) >= 11 is 0. The van der Waals surface area contributed by atoms with Crippen LogP contribution in [0, 0.1) is 5.92 Å². The standard InChI is InChI=1S/C19H29N3O4/c1-13(2)18(19(24)22-8-4-5-14(22)12-23)16-11-17(20-26-16)25-15-6-9-21(3)10-7-15/h11-15,18H,4-10H2,1-3H3/t14-,18?/m0/s1. The number of carbonyl (C=O) groups excluding carboxylic acids is 2. The minimum atomic E-state index is -0.446. The van der Waals surface area contributed by atoms with Gasteiger partial charge in [-0.25, -0.2) is 0 Å². The van der Waals surface area contributed by atoms with Crippen molar-refractivity contribution in [3.8, 4) is 5.88 Å². The van der Waals surface area contributed by atoms with Crippen molar-refractivity contribution in [3.63, 3.8) is 0 Å². The number of ether oxygens (including phenoxy) is 1. The third-order valence-electron chi connectivity index (χ3n) is 5.44. The number of carbonyl (C=O) groups is 2. The van der Waals surface area contributed by atoms with Crippen LogP contribution in [-0.2, 0) is 9.59 Å². The summed E-state index contributed by atoms with van der Waals surface area (Å²) in [6.07, 6.45) is 4.52. The molecule has 26 heavy (non-hydrogen) atoms. The topological polar surface area (TPSA) is 75.9 Å². The first-order valence-electron chi connectivity index (χ1n) is 9.57. The molecule has 2 atom stereocenters. The van der Waals surface area contributed by atoms with E-state index in [9.17, 15) is 9.59 Å². The van der Waals surface area contributed by atoms with Crippen molar-refractivity contribution in [2.24, 2.45) is 5.92 Å². The fraction of sp³-hybridized carbons (Fsp3) is 0.737. The number of piperidine rings is 1. The molecular formula is C19H29N3O4. The second-order valence-corrected chi connectivity index (χ2v) is 7.79. The van der Waals surface area contributed by atoms with Gasteiger partial charge >= 0.3 is 0 Å². The monoisotopic (exact) mass is 363 g/mol. The summed E-state index contributed by atoms with van der Waals surface area (Å²) < 4.78 is 11.4. The molecule has 2 aliphatic rings. The van der Waals surface area contributed by atoms with Crippen molar-refractivity contribution in [1.82, 2.24) is 15.0 Å². The predicted octanol–water partition coefficient (Wildman–Crippen LogP) is 2.08. The Bertz CT molecular complexity index is 622. The second-order valence-electron chi connectivity index (χ2n) is 7.79. The molecule has 2 saturated heterocycles. The number of aromatic nitrogens is 1. The zero-order chi connectivity index (χ0) is 18.7. The molecule has 0 spiro atoms. The minimum Gasteiger partial charge on any atom is -0.472 e. The van der Waals surface area contributed by atoms with E-state index in [-0.39, 0.29) is 24.0 Å². The van der Waals surface area contributed by atoms with Crippen LogP contribution in [0.1, 0.15) is 51.2 Å². The first kappa shape index (κ1) is 18.9. The molecule has 0 saturated carbocycles. The Morgan fingerprint density at radius 1 is 1.31 bits per heavy atom. The van der Waals surface area contributed by atoms with Crippen molar-refractivity contribution < 1.29 is 18.8 Å². The van der Waals surface area contributed by atoms with Crippen molar-refractivity contribution in [2.45, 2.75) is 57.6 Å². The number of rotatable bonds is 6. The minimum absolute atomic E-state index is 0.0412. The van der Waals surface area contributed by atoms with Gasteiger partial charge in [0.25, 0.3) is 5.88 Å². The van der Waals surface area contributed by atoms with E-state index in [0.29, 0.717) is 18.2 Å². The first-order chi connectivity index (χ1) is 12.5. The molecule has 7 heteroatoms. The van der Waals surface area contributed by atoms with E-state index in [2.05, 4.69) is 17.1 Å². The third-order valence-corrected chi connectivity index (χ3v) is 5.44. The Hall–Kier alpha value is -1.89. The summed E-state index contributed by atoms with van der Waals surface area (Å²) in [5.74, 6) is 0.500. The van der Waals surface area contributed by atoms with Gasteiger partial charge in [-0.2, -0.15) is 0 Å². The molecule has 0 bridgehead atoms. The van der Waals surface area contributed by atoms with E-state index >= 15 is 0 Å². The predicted molar refractivity (Wildman–Crippen MR) is 96.0 cm³/mol. The van der Waals surface area contributed by atoms with Crippen LogP contribution >= 0.6 is 0 Å². The zero-order valence-electron chi connectivity index (χ0n) is 15.9. The van der Waals surface area contributed by atoms with E-state index in [1.165, 1.54) is 0 Å². The lowest BCUT2D eigenvalue weighted by atomic mass is 9.91. The van der Waals surface area contributed by atoms with Crippen LogP contribution in [-0.4, -0.2) is 66.0 Å². The second kappa shape index (κ2) is 8.20. The lowest BCUT2D eigenvalue weighted by Gasteiger charge is -2.28. The van der Waals surface area contributed by atoms with Crippen LogP contribution in [0.3, 0.4) is 0 Å². The average molecular weight is 363 g/mol. The van der Waals surface area contributed by atoms with Gasteiger partial charge in [0, 0.05) is 25.7 Å². The molecule has 2 fully saturated rings. The summed E-state index contributed by atoms with van der Waals surface area (Å²) in [5.41, 5.74) is 0. The van der Waals surface area contributed by atoms with Crippen LogP contribution in [0.25, 0.3) is 0 Å². The SMILES string of the molecule is CC(C)C(C(=O)N1CCC[C@H]1C=O)c1cc(OC2CCN(C)CC2)no1. The maximum Gasteiger partial charge on any atom is 0.254 e. The van der Waals surface area contributed by atoms with Gasteiger partial charge in [-0.15, -0.1) is 0 Å². The van der Waals surface area contributed by atoms with E-state index in [0.717, 1.165) is 45.1 Å². The van der Waals surface area contributed by atoms with E-state index in [1.54, 1.807) is 11.0 Å². The van der Waals surface area contributed by atoms with E-state index in [1.807, 2.05) is 13.8 Å². The lowest BCUT2D eigenvalue weighted by molar-refractivity contribution is -0.137. The summed E-state index contributed by atoms with van der Waals surface area (Å²) in [4.78, 5) is 28.2. The Kier molecular flexibility index (Phi) is 5.96. The maximum atomic E-state index is 13.0. The zero-order valence-corrected chi connectivity index (χ0v) is 15.9. The smallest absolute Gasteiger partial charge is 0.254 e. The highest BCUT2D eigenvalue weighted by Crippen LogP contribution is 2.32. The van der Waals surface area contributed by atoms with Crippen LogP contribution in [0.4, 0.5) is 0 Å². The molecule has 144 valence electrons. The summed E-state index contributed by atoms with van der Waals surface area (Å²) in [6.45, 7) is 6.59. The van der Waals surface area contributed by atoms with Crippen molar-refractivity contribution in [3.05, 3.63) is 11.8 Å². The highest BCUT2D eigenvalue weighted by molar-refractivity contribution is 5.86. The number of aldehydes is 1. The van der Waals surface area contributed by atoms with Crippen molar-refractivity contribution >= 4 is 12.2 Å². The first-order valence-corrected chi connectivity index (χ1v) is 9.57. The molecule has 2 aliphatic heterocycles. The van der Waals surface area contributed by atoms with Crippen LogP contribution < -0.4 is 4.74 Å². The van der Waals surface area contributed by atoms with Gasteiger partial charge in [-0.1, -0.05) is 13.8 Å². The molecule has 0 aromatic carbocycles. The highest BCUT2D eigenvalue weighted by atomic mass is 16.5. The van der Waals surface area contributed by atoms with Gasteiger partial charge in [0.05, 0.1) is 6.04 Å². The molecule has 0 N–H and O–H groups in total. The van der Waals surface area contributed by atoms with Gasteiger partial charge in [0.1, 0.15) is 18.3 Å². The number of likely N-dealkylation sites (tertiary alicyclic amines) is 2. The molecule has 1 aromatic rings. The summed E-state index contributed by atoms with van der Waals surface area (Å²) in [6, 6.07) is 1.42. The Labute approximate surface area is 154 Å². The van der Waals surface area contributed by atoms with Gasteiger partial charge < -0.3 is 23.9 Å². The fourth-order valence-corrected chi connectivity index (χ4v) is 3.87. The Morgan fingerprint density at radius 3 is 2.69 bits per heavy atom. The van der Waals surface area contributed by atoms with Crippen LogP contribution in [0.15, 0.2) is 10.6 Å². The summed E-state index contributed by atoms with van der Waals surface area (Å²) in [5, 5.41) is 4.03. The molecule has 3 heterocycles. The highest BCUT2D eigenvalue weighted by Gasteiger charge is 2.37. The largest absolute Gasteiger partial charge is 0.472 e. The molecular weight excluding hydrogens is 334 g/mol. The third kappa shape index (κ3) is 4.09. The average Bonchev–Trinajstić information content (AvgIpc) is 3.26. The van der Waals surface area contributed by atoms with E-state index < -0.39 is 5.92 Å². The molecule has 7 nitrogen and oxygen atoms in total. The number of hydrogen-bond donors (Lipinski definition) is 0.